The molecule has 1 aromatic carbocycles. The summed E-state index contributed by atoms with van der Waals surface area (Å²) < 4.78 is 3.04. The third kappa shape index (κ3) is 4.16. The predicted molar refractivity (Wildman–Crippen MR) is 152 cm³/mol. The van der Waals surface area contributed by atoms with Crippen molar-refractivity contribution in [3.8, 4) is 6.07 Å². The van der Waals surface area contributed by atoms with Crippen LogP contribution in [0, 0.1) is 11.3 Å². The standard InChI is InChI=1S/C27H41IN4Si/c1-18(2)33(19(3)4,20(5)28)32-23(16-29)15-21-14-22(12-13-25(21)32)31-17-27(6,7)30-24-10-8-9-11-26(24)31/h12-15,18-20,24,26,30H,8-11,17H2,1-7H3/t20?,24-,26-/m0/s1. The first-order valence-electron chi connectivity index (χ1n) is 12.8. The van der Waals surface area contributed by atoms with Gasteiger partial charge in [-0.3, -0.25) is 0 Å². The molecule has 0 amide bonds. The van der Waals surface area contributed by atoms with Gasteiger partial charge in [-0.15, -0.1) is 0 Å². The number of alkyl halides is 1. The van der Waals surface area contributed by atoms with E-state index in [2.05, 4.69) is 116 Å². The van der Waals surface area contributed by atoms with E-state index < -0.39 is 8.24 Å². The first-order chi connectivity index (χ1) is 15.5. The Hall–Kier alpha value is -1.04. The Labute approximate surface area is 215 Å². The number of nitrogens with one attached hydrogen (secondary N) is 1. The van der Waals surface area contributed by atoms with Gasteiger partial charge in [-0.25, -0.2) is 0 Å². The molecule has 2 aromatic rings. The van der Waals surface area contributed by atoms with E-state index in [0.29, 0.717) is 26.7 Å². The van der Waals surface area contributed by atoms with Crippen LogP contribution in [0.4, 0.5) is 5.69 Å². The van der Waals surface area contributed by atoms with E-state index in [4.69, 9.17) is 0 Å². The molecule has 1 aromatic heterocycles. The zero-order chi connectivity index (χ0) is 24.1. The van der Waals surface area contributed by atoms with Crippen molar-refractivity contribution in [2.45, 2.75) is 106 Å². The number of hydrogen-bond acceptors (Lipinski definition) is 3. The van der Waals surface area contributed by atoms with Crippen LogP contribution in [0.2, 0.25) is 11.1 Å². The van der Waals surface area contributed by atoms with Crippen LogP contribution in [0.15, 0.2) is 24.3 Å². The Balaban J connectivity index is 1.86. The molecule has 4 rings (SSSR count). The van der Waals surface area contributed by atoms with Crippen LogP contribution in [0.1, 0.15) is 79.8 Å². The van der Waals surface area contributed by atoms with Gasteiger partial charge in [-0.2, -0.15) is 5.26 Å². The molecule has 1 saturated carbocycles. The van der Waals surface area contributed by atoms with E-state index >= 15 is 0 Å². The third-order valence-electron chi connectivity index (χ3n) is 8.38. The lowest BCUT2D eigenvalue weighted by Gasteiger charge is -2.52. The lowest BCUT2D eigenvalue weighted by molar-refractivity contribution is 0.199. The number of fused-ring (bicyclic) bond motifs is 2. The maximum absolute atomic E-state index is 10.2. The molecular weight excluding hydrogens is 535 g/mol. The van der Waals surface area contributed by atoms with Crippen LogP contribution in [0.5, 0.6) is 0 Å². The third-order valence-corrected chi connectivity index (χ3v) is 17.6. The Morgan fingerprint density at radius 1 is 1.09 bits per heavy atom. The quantitative estimate of drug-likeness (QED) is 0.237. The molecule has 0 radical (unpaired) electrons. The number of anilines is 1. The first-order valence-corrected chi connectivity index (χ1v) is 16.2. The number of piperazine rings is 1. The molecule has 6 heteroatoms. The van der Waals surface area contributed by atoms with Crippen molar-refractivity contribution < 1.29 is 0 Å². The Morgan fingerprint density at radius 2 is 1.76 bits per heavy atom. The van der Waals surface area contributed by atoms with Gasteiger partial charge < -0.3 is 14.4 Å². The summed E-state index contributed by atoms with van der Waals surface area (Å²) in [5.41, 5.74) is 4.61. The summed E-state index contributed by atoms with van der Waals surface area (Å²) in [5.74, 6) is 0. The minimum Gasteiger partial charge on any atom is -0.365 e. The van der Waals surface area contributed by atoms with Gasteiger partial charge in [0, 0.05) is 44.3 Å². The molecule has 0 spiro atoms. The van der Waals surface area contributed by atoms with Crippen molar-refractivity contribution in [3.05, 3.63) is 30.0 Å². The monoisotopic (exact) mass is 576 g/mol. The van der Waals surface area contributed by atoms with Crippen molar-refractivity contribution in [2.24, 2.45) is 0 Å². The molecular formula is C27H41IN4Si. The summed E-state index contributed by atoms with van der Waals surface area (Å²) in [6.45, 7) is 17.5. The minimum absolute atomic E-state index is 0.102. The van der Waals surface area contributed by atoms with Gasteiger partial charge in [0.05, 0.1) is 0 Å². The largest absolute Gasteiger partial charge is 0.365 e. The number of benzene rings is 1. The molecule has 2 heterocycles. The second kappa shape index (κ2) is 9.20. The number of aromatic nitrogens is 1. The molecule has 33 heavy (non-hydrogen) atoms. The second-order valence-corrected chi connectivity index (χ2v) is 20.1. The molecule has 1 aliphatic carbocycles. The van der Waals surface area contributed by atoms with Crippen molar-refractivity contribution in [2.75, 3.05) is 11.4 Å². The Bertz CT molecular complexity index is 1030. The summed E-state index contributed by atoms with van der Waals surface area (Å²) >= 11 is 2.64. The van der Waals surface area contributed by atoms with Gasteiger partial charge in [0.15, 0.2) is 8.24 Å². The van der Waals surface area contributed by atoms with Gasteiger partial charge in [-0.1, -0.05) is 70.1 Å². The van der Waals surface area contributed by atoms with Crippen LogP contribution in [-0.2, 0) is 0 Å². The molecule has 1 saturated heterocycles. The molecule has 1 unspecified atom stereocenters. The highest BCUT2D eigenvalue weighted by Gasteiger charge is 2.48. The Morgan fingerprint density at radius 3 is 2.36 bits per heavy atom. The number of halogens is 1. The van der Waals surface area contributed by atoms with Crippen molar-refractivity contribution >= 4 is 47.4 Å². The fraction of sp³-hybridized carbons (Fsp3) is 0.667. The average molecular weight is 577 g/mol. The van der Waals surface area contributed by atoms with Crippen molar-refractivity contribution in [3.63, 3.8) is 0 Å². The van der Waals surface area contributed by atoms with Crippen LogP contribution < -0.4 is 10.2 Å². The molecule has 3 atom stereocenters. The predicted octanol–water partition coefficient (Wildman–Crippen LogP) is 6.99. The van der Waals surface area contributed by atoms with Gasteiger partial charge in [0.2, 0.25) is 0 Å². The van der Waals surface area contributed by atoms with Gasteiger partial charge in [-0.05, 0) is 62.0 Å². The van der Waals surface area contributed by atoms with E-state index in [1.165, 1.54) is 42.3 Å². The van der Waals surface area contributed by atoms with E-state index in [1.54, 1.807) is 0 Å². The lowest BCUT2D eigenvalue weighted by Crippen LogP contribution is -2.67. The maximum atomic E-state index is 10.2. The van der Waals surface area contributed by atoms with Gasteiger partial charge in [0.25, 0.3) is 0 Å². The smallest absolute Gasteiger partial charge is 0.180 e. The number of rotatable bonds is 5. The molecule has 1 aliphatic heterocycles. The fourth-order valence-electron chi connectivity index (χ4n) is 7.19. The van der Waals surface area contributed by atoms with E-state index in [1.807, 2.05) is 0 Å². The zero-order valence-electron chi connectivity index (χ0n) is 21.5. The maximum Gasteiger partial charge on any atom is 0.180 e. The topological polar surface area (TPSA) is 44.0 Å². The van der Waals surface area contributed by atoms with E-state index in [9.17, 15) is 5.26 Å². The Kier molecular flexibility index (Phi) is 6.99. The number of nitrogens with zero attached hydrogens (tertiary/aromatic N) is 3. The average Bonchev–Trinajstić information content (AvgIpc) is 3.10. The summed E-state index contributed by atoms with van der Waals surface area (Å²) in [4.78, 5) is 2.67. The SMILES string of the molecule is CC(C)[Si](C(C)C)(C(C)I)n1c(C#N)cc2cc(N3CC(C)(C)N[C@H]4CCCC[C@@H]43)ccc21. The van der Waals surface area contributed by atoms with Crippen molar-refractivity contribution in [1.29, 1.82) is 5.26 Å². The summed E-state index contributed by atoms with van der Waals surface area (Å²) in [5, 5.41) is 15.4. The minimum atomic E-state index is -2.03. The van der Waals surface area contributed by atoms with Crippen LogP contribution in [-0.4, -0.2) is 40.2 Å². The van der Waals surface area contributed by atoms with Crippen molar-refractivity contribution in [1.82, 2.24) is 9.55 Å². The summed E-state index contributed by atoms with van der Waals surface area (Å²) in [6, 6.07) is 12.9. The zero-order valence-corrected chi connectivity index (χ0v) is 24.6. The molecule has 4 nitrogen and oxygen atoms in total. The van der Waals surface area contributed by atoms with Crippen LogP contribution in [0.3, 0.4) is 0 Å². The van der Waals surface area contributed by atoms with Crippen LogP contribution in [0.25, 0.3) is 10.9 Å². The van der Waals surface area contributed by atoms with E-state index in [-0.39, 0.29) is 5.54 Å². The van der Waals surface area contributed by atoms with Crippen LogP contribution >= 0.6 is 22.6 Å². The summed E-state index contributed by atoms with van der Waals surface area (Å²) in [6.07, 6.45) is 5.18. The molecule has 2 fully saturated rings. The molecule has 2 aliphatic rings. The highest BCUT2D eigenvalue weighted by molar-refractivity contribution is 14.1. The first kappa shape index (κ1) is 25.1. The normalized spacial score (nSPS) is 24.2. The number of hydrogen-bond donors (Lipinski definition) is 1. The number of nitriles is 1. The molecule has 0 bridgehead atoms. The highest BCUT2D eigenvalue weighted by atomic mass is 127. The van der Waals surface area contributed by atoms with Gasteiger partial charge in [0.1, 0.15) is 11.8 Å². The molecule has 1 N–H and O–H groups in total. The van der Waals surface area contributed by atoms with Gasteiger partial charge >= 0.3 is 0 Å². The second-order valence-electron chi connectivity index (χ2n) is 11.6. The highest BCUT2D eigenvalue weighted by Crippen LogP contribution is 2.44. The molecule has 180 valence electrons. The summed E-state index contributed by atoms with van der Waals surface area (Å²) in [7, 11) is -2.03. The lowest BCUT2D eigenvalue weighted by atomic mass is 9.83. The van der Waals surface area contributed by atoms with E-state index in [0.717, 1.165) is 12.2 Å². The fourth-order valence-corrected chi connectivity index (χ4v) is 18.0.